The number of aryl methyl sites for hydroxylation is 1. The van der Waals surface area contributed by atoms with Crippen LogP contribution < -0.4 is 5.73 Å². The van der Waals surface area contributed by atoms with Gasteiger partial charge in [-0.3, -0.25) is 0 Å². The van der Waals surface area contributed by atoms with Crippen molar-refractivity contribution in [2.45, 2.75) is 25.5 Å². The summed E-state index contributed by atoms with van der Waals surface area (Å²) in [6.45, 7) is 1.95. The summed E-state index contributed by atoms with van der Waals surface area (Å²) in [5, 5.41) is 9.67. The topological polar surface area (TPSA) is 64.1 Å². The van der Waals surface area contributed by atoms with Gasteiger partial charge in [0.1, 0.15) is 6.10 Å². The standard InChI is InChI=1S/C8H15N3O/c1-3-6(9)8(12)7-4-10-5-11(7)2/h4-6,8,12H,3,9H2,1-2H3/t6-,8-/m1/s1. The highest BCUT2D eigenvalue weighted by atomic mass is 16.3. The smallest absolute Gasteiger partial charge is 0.111 e. The van der Waals surface area contributed by atoms with Crippen molar-refractivity contribution in [3.05, 3.63) is 18.2 Å². The third-order valence-electron chi connectivity index (χ3n) is 2.03. The van der Waals surface area contributed by atoms with Crippen LogP contribution in [0.3, 0.4) is 0 Å². The first-order valence-corrected chi connectivity index (χ1v) is 4.06. The molecule has 0 aromatic carbocycles. The Morgan fingerprint density at radius 2 is 2.42 bits per heavy atom. The maximum Gasteiger partial charge on any atom is 0.111 e. The Bertz CT molecular complexity index is 246. The summed E-state index contributed by atoms with van der Waals surface area (Å²) in [4.78, 5) is 3.91. The van der Waals surface area contributed by atoms with E-state index in [0.717, 1.165) is 12.1 Å². The van der Waals surface area contributed by atoms with Crippen molar-refractivity contribution in [3.63, 3.8) is 0 Å². The van der Waals surface area contributed by atoms with E-state index >= 15 is 0 Å². The van der Waals surface area contributed by atoms with Gasteiger partial charge in [-0.15, -0.1) is 0 Å². The lowest BCUT2D eigenvalue weighted by atomic mass is 10.1. The number of aliphatic hydroxyl groups is 1. The molecule has 0 spiro atoms. The van der Waals surface area contributed by atoms with Crippen LogP contribution >= 0.6 is 0 Å². The number of nitrogens with two attached hydrogens (primary N) is 1. The molecule has 0 aliphatic heterocycles. The van der Waals surface area contributed by atoms with E-state index in [-0.39, 0.29) is 6.04 Å². The summed E-state index contributed by atoms with van der Waals surface area (Å²) >= 11 is 0. The fraction of sp³-hybridized carbons (Fsp3) is 0.625. The van der Waals surface area contributed by atoms with E-state index in [1.807, 2.05) is 14.0 Å². The number of rotatable bonds is 3. The van der Waals surface area contributed by atoms with Crippen LogP contribution in [-0.4, -0.2) is 20.7 Å². The Hall–Kier alpha value is -0.870. The van der Waals surface area contributed by atoms with Gasteiger partial charge in [0, 0.05) is 13.1 Å². The molecule has 1 aromatic rings. The van der Waals surface area contributed by atoms with Crippen LogP contribution in [-0.2, 0) is 7.05 Å². The van der Waals surface area contributed by atoms with Crippen LogP contribution in [0, 0.1) is 0 Å². The van der Waals surface area contributed by atoms with Gasteiger partial charge in [0.2, 0.25) is 0 Å². The molecule has 4 nitrogen and oxygen atoms in total. The first-order valence-electron chi connectivity index (χ1n) is 4.06. The molecule has 0 aliphatic carbocycles. The molecule has 0 saturated heterocycles. The van der Waals surface area contributed by atoms with Gasteiger partial charge in [-0.05, 0) is 6.42 Å². The van der Waals surface area contributed by atoms with Gasteiger partial charge in [0.25, 0.3) is 0 Å². The summed E-state index contributed by atoms with van der Waals surface area (Å²) in [5.74, 6) is 0. The molecule has 0 saturated carbocycles. The molecule has 3 N–H and O–H groups in total. The predicted octanol–water partition coefficient (Wildman–Crippen LogP) is 0.191. The molecule has 4 heteroatoms. The minimum atomic E-state index is -0.609. The molecule has 12 heavy (non-hydrogen) atoms. The fourth-order valence-electron chi connectivity index (χ4n) is 1.10. The zero-order valence-corrected chi connectivity index (χ0v) is 7.44. The third kappa shape index (κ3) is 1.65. The molecule has 0 unspecified atom stereocenters. The third-order valence-corrected chi connectivity index (χ3v) is 2.03. The molecule has 0 fully saturated rings. The van der Waals surface area contributed by atoms with Gasteiger partial charge in [0.05, 0.1) is 18.2 Å². The zero-order valence-electron chi connectivity index (χ0n) is 7.44. The van der Waals surface area contributed by atoms with Gasteiger partial charge >= 0.3 is 0 Å². The molecule has 1 aromatic heterocycles. The molecule has 1 rings (SSSR count). The van der Waals surface area contributed by atoms with Crippen LogP contribution in [0.4, 0.5) is 0 Å². The lowest BCUT2D eigenvalue weighted by Gasteiger charge is -2.16. The second-order valence-corrected chi connectivity index (χ2v) is 2.95. The Labute approximate surface area is 72.0 Å². The maximum atomic E-state index is 9.67. The van der Waals surface area contributed by atoms with Crippen LogP contribution in [0.15, 0.2) is 12.5 Å². The second kappa shape index (κ2) is 3.69. The summed E-state index contributed by atoms with van der Waals surface area (Å²) < 4.78 is 1.78. The Morgan fingerprint density at radius 1 is 1.75 bits per heavy atom. The molecule has 2 atom stereocenters. The van der Waals surface area contributed by atoms with E-state index in [4.69, 9.17) is 5.73 Å². The van der Waals surface area contributed by atoms with Crippen molar-refractivity contribution >= 4 is 0 Å². The highest BCUT2D eigenvalue weighted by Gasteiger charge is 2.17. The number of imidazole rings is 1. The van der Waals surface area contributed by atoms with Crippen molar-refractivity contribution in [1.29, 1.82) is 0 Å². The minimum Gasteiger partial charge on any atom is -0.385 e. The van der Waals surface area contributed by atoms with Crippen LogP contribution in [0.25, 0.3) is 0 Å². The number of hydrogen-bond donors (Lipinski definition) is 2. The van der Waals surface area contributed by atoms with Crippen molar-refractivity contribution in [2.75, 3.05) is 0 Å². The van der Waals surface area contributed by atoms with Gasteiger partial charge < -0.3 is 15.4 Å². The van der Waals surface area contributed by atoms with Gasteiger partial charge in [-0.1, -0.05) is 6.92 Å². The average Bonchev–Trinajstić information content (AvgIpc) is 2.48. The summed E-state index contributed by atoms with van der Waals surface area (Å²) in [7, 11) is 1.84. The van der Waals surface area contributed by atoms with Gasteiger partial charge in [-0.25, -0.2) is 4.98 Å². The lowest BCUT2D eigenvalue weighted by Crippen LogP contribution is -2.28. The molecular weight excluding hydrogens is 154 g/mol. The molecule has 0 radical (unpaired) electrons. The summed E-state index contributed by atoms with van der Waals surface area (Å²) in [6.07, 6.45) is 3.44. The van der Waals surface area contributed by atoms with Gasteiger partial charge in [-0.2, -0.15) is 0 Å². The van der Waals surface area contributed by atoms with E-state index in [1.165, 1.54) is 0 Å². The maximum absolute atomic E-state index is 9.67. The van der Waals surface area contributed by atoms with Crippen molar-refractivity contribution in [1.82, 2.24) is 9.55 Å². The van der Waals surface area contributed by atoms with E-state index in [2.05, 4.69) is 4.98 Å². The molecule has 1 heterocycles. The Balaban J connectivity index is 2.77. The average molecular weight is 169 g/mol. The molecule has 0 amide bonds. The van der Waals surface area contributed by atoms with Gasteiger partial charge in [0.15, 0.2) is 0 Å². The molecule has 68 valence electrons. The Kier molecular flexibility index (Phi) is 2.83. The zero-order chi connectivity index (χ0) is 9.14. The molecule has 0 bridgehead atoms. The molecular formula is C8H15N3O. The van der Waals surface area contributed by atoms with Crippen LogP contribution in [0.1, 0.15) is 25.1 Å². The SMILES string of the molecule is CC[C@@H](N)[C@@H](O)c1cncn1C. The van der Waals surface area contributed by atoms with Crippen LogP contribution in [0.2, 0.25) is 0 Å². The quantitative estimate of drug-likeness (QED) is 0.679. The summed E-state index contributed by atoms with van der Waals surface area (Å²) in [5.41, 5.74) is 6.45. The highest BCUT2D eigenvalue weighted by Crippen LogP contribution is 2.15. The molecule has 0 aliphatic rings. The van der Waals surface area contributed by atoms with E-state index in [0.29, 0.717) is 0 Å². The number of hydrogen-bond acceptors (Lipinski definition) is 3. The first kappa shape index (κ1) is 9.22. The minimum absolute atomic E-state index is 0.208. The summed E-state index contributed by atoms with van der Waals surface area (Å²) in [6, 6.07) is -0.208. The second-order valence-electron chi connectivity index (χ2n) is 2.95. The van der Waals surface area contributed by atoms with E-state index in [1.54, 1.807) is 17.1 Å². The normalized spacial score (nSPS) is 16.0. The van der Waals surface area contributed by atoms with E-state index < -0.39 is 6.10 Å². The van der Waals surface area contributed by atoms with Crippen LogP contribution in [0.5, 0.6) is 0 Å². The van der Waals surface area contributed by atoms with Crippen molar-refractivity contribution in [3.8, 4) is 0 Å². The highest BCUT2D eigenvalue weighted by molar-refractivity contribution is 5.04. The predicted molar refractivity (Wildman–Crippen MR) is 46.4 cm³/mol. The number of nitrogens with zero attached hydrogens (tertiary/aromatic N) is 2. The number of aliphatic hydroxyl groups excluding tert-OH is 1. The van der Waals surface area contributed by atoms with Crippen molar-refractivity contribution < 1.29 is 5.11 Å². The Morgan fingerprint density at radius 3 is 2.83 bits per heavy atom. The monoisotopic (exact) mass is 169 g/mol. The lowest BCUT2D eigenvalue weighted by molar-refractivity contribution is 0.137. The number of aromatic nitrogens is 2. The van der Waals surface area contributed by atoms with Crippen molar-refractivity contribution in [2.24, 2.45) is 12.8 Å². The largest absolute Gasteiger partial charge is 0.385 e. The first-order chi connectivity index (χ1) is 5.66. The fourth-order valence-corrected chi connectivity index (χ4v) is 1.10. The van der Waals surface area contributed by atoms with E-state index in [9.17, 15) is 5.11 Å².